The van der Waals surface area contributed by atoms with E-state index in [0.29, 0.717) is 4.90 Å². The van der Waals surface area contributed by atoms with Crippen LogP contribution < -0.4 is 10.0 Å². The van der Waals surface area contributed by atoms with Gasteiger partial charge in [-0.05, 0) is 85.9 Å². The predicted octanol–water partition coefficient (Wildman–Crippen LogP) is 4.38. The Balaban J connectivity index is 1.66. The average molecular weight is 413 g/mol. The number of carbonyl (C=O) groups excluding carboxylic acids is 1. The molecule has 0 saturated carbocycles. The number of fused-ring (bicyclic) bond motifs is 2. The molecule has 4 rings (SSSR count). The summed E-state index contributed by atoms with van der Waals surface area (Å²) in [5.74, 6) is 0.275. The van der Waals surface area contributed by atoms with Gasteiger partial charge >= 0.3 is 6.03 Å². The number of nitrogens with zero attached hydrogens (tertiary/aromatic N) is 2. The molecular weight excluding hydrogens is 384 g/mol. The Morgan fingerprint density at radius 3 is 2.28 bits per heavy atom. The molecule has 2 N–H and O–H groups in total. The number of anilines is 1. The lowest BCUT2D eigenvalue weighted by molar-refractivity contribution is 0.260. The third kappa shape index (κ3) is 3.81. The zero-order valence-corrected chi connectivity index (χ0v) is 18.1. The van der Waals surface area contributed by atoms with Crippen LogP contribution in [0.25, 0.3) is 0 Å². The molecule has 0 saturated heterocycles. The first-order valence-electron chi connectivity index (χ1n) is 10.3. The number of pyridine rings is 1. The summed E-state index contributed by atoms with van der Waals surface area (Å²) in [7, 11) is -1.55. The largest absolute Gasteiger partial charge is 0.354 e. The lowest BCUT2D eigenvalue weighted by Crippen LogP contribution is -2.22. The van der Waals surface area contributed by atoms with Crippen LogP contribution in [0.2, 0.25) is 0 Å². The standard InChI is InChI=1S/C22H28N4O2S/c1-14(2)20-11-10-17(13-24-20)29(28,23-3)26-22(27)25-21-18-8-4-6-15(18)12-16-7-5-9-19(16)21/h10-14H,4-9H2,1-3H3,(H2,23,25,26,27,28). The minimum atomic E-state index is -3.10. The van der Waals surface area contributed by atoms with E-state index in [0.717, 1.165) is 49.9 Å². The number of rotatable bonds is 4. The fourth-order valence-corrected chi connectivity index (χ4v) is 5.49. The van der Waals surface area contributed by atoms with E-state index in [9.17, 15) is 9.00 Å². The molecule has 0 fully saturated rings. The highest BCUT2D eigenvalue weighted by atomic mass is 32.2. The Morgan fingerprint density at radius 2 is 1.76 bits per heavy atom. The van der Waals surface area contributed by atoms with Crippen molar-refractivity contribution in [2.24, 2.45) is 4.36 Å². The zero-order valence-electron chi connectivity index (χ0n) is 17.2. The third-order valence-electron chi connectivity index (χ3n) is 5.86. The highest BCUT2D eigenvalue weighted by Gasteiger charge is 2.25. The Bertz CT molecular complexity index is 1030. The molecule has 2 aliphatic carbocycles. The number of aryl methyl sites for hydroxylation is 2. The van der Waals surface area contributed by atoms with E-state index in [4.69, 9.17) is 0 Å². The summed E-state index contributed by atoms with van der Waals surface area (Å²) in [5, 5.41) is 2.99. The van der Waals surface area contributed by atoms with Gasteiger partial charge in [0.25, 0.3) is 0 Å². The van der Waals surface area contributed by atoms with E-state index in [1.54, 1.807) is 19.3 Å². The summed E-state index contributed by atoms with van der Waals surface area (Å²) in [6, 6.07) is 5.31. The molecule has 0 radical (unpaired) electrons. The minimum absolute atomic E-state index is 0.275. The van der Waals surface area contributed by atoms with Crippen LogP contribution in [0.1, 0.15) is 60.6 Å². The molecule has 6 nitrogen and oxygen atoms in total. The Morgan fingerprint density at radius 1 is 1.10 bits per heavy atom. The van der Waals surface area contributed by atoms with Gasteiger partial charge in [0.15, 0.2) is 0 Å². The quantitative estimate of drug-likeness (QED) is 0.782. The maximum atomic E-state index is 13.3. The van der Waals surface area contributed by atoms with Crippen molar-refractivity contribution in [1.82, 2.24) is 9.71 Å². The normalized spacial score (nSPS) is 17.0. The van der Waals surface area contributed by atoms with Crippen LogP contribution in [0, 0.1) is 0 Å². The van der Waals surface area contributed by atoms with Gasteiger partial charge in [-0.3, -0.25) is 4.98 Å². The van der Waals surface area contributed by atoms with Gasteiger partial charge in [0.1, 0.15) is 9.92 Å². The lowest BCUT2D eigenvalue weighted by atomic mass is 9.99. The van der Waals surface area contributed by atoms with Crippen LogP contribution in [0.4, 0.5) is 10.5 Å². The average Bonchev–Trinajstić information content (AvgIpc) is 3.37. The van der Waals surface area contributed by atoms with Crippen molar-refractivity contribution >= 4 is 21.6 Å². The number of benzene rings is 1. The Hall–Kier alpha value is -2.25. The van der Waals surface area contributed by atoms with E-state index >= 15 is 0 Å². The van der Waals surface area contributed by atoms with Crippen LogP contribution in [-0.4, -0.2) is 22.3 Å². The fourth-order valence-electron chi connectivity index (χ4n) is 4.33. The Kier molecular flexibility index (Phi) is 5.44. The zero-order chi connectivity index (χ0) is 20.6. The number of hydrogen-bond donors (Lipinski definition) is 2. The summed E-state index contributed by atoms with van der Waals surface area (Å²) < 4.78 is 20.1. The number of nitrogens with one attached hydrogen (secondary N) is 2. The number of aromatic nitrogens is 1. The van der Waals surface area contributed by atoms with Crippen LogP contribution >= 0.6 is 0 Å². The second kappa shape index (κ2) is 7.88. The van der Waals surface area contributed by atoms with E-state index < -0.39 is 15.9 Å². The van der Waals surface area contributed by atoms with Crippen LogP contribution in [0.3, 0.4) is 0 Å². The molecule has 0 bridgehead atoms. The van der Waals surface area contributed by atoms with Crippen molar-refractivity contribution in [3.8, 4) is 0 Å². The summed E-state index contributed by atoms with van der Waals surface area (Å²) in [4.78, 5) is 17.6. The van der Waals surface area contributed by atoms with E-state index in [-0.39, 0.29) is 5.92 Å². The number of hydrogen-bond acceptors (Lipinski definition) is 3. The molecule has 1 unspecified atom stereocenters. The predicted molar refractivity (Wildman–Crippen MR) is 116 cm³/mol. The molecule has 0 spiro atoms. The molecule has 1 aromatic heterocycles. The van der Waals surface area contributed by atoms with Crippen LogP contribution in [0.5, 0.6) is 0 Å². The molecule has 0 aliphatic heterocycles. The third-order valence-corrected chi connectivity index (χ3v) is 7.72. The van der Waals surface area contributed by atoms with E-state index in [2.05, 4.69) is 25.5 Å². The van der Waals surface area contributed by atoms with Crippen LogP contribution in [-0.2, 0) is 35.6 Å². The smallest absolute Gasteiger partial charge is 0.305 e. The van der Waals surface area contributed by atoms with Crippen molar-refractivity contribution in [2.75, 3.05) is 12.4 Å². The molecular formula is C22H28N4O2S. The summed E-state index contributed by atoms with van der Waals surface area (Å²) >= 11 is 0. The highest BCUT2D eigenvalue weighted by Crippen LogP contribution is 2.38. The molecule has 29 heavy (non-hydrogen) atoms. The first-order chi connectivity index (χ1) is 13.9. The van der Waals surface area contributed by atoms with Gasteiger partial charge in [0.05, 0.1) is 4.90 Å². The SMILES string of the molecule is CNS(=O)(=NC(=O)Nc1c2c(cc3c1CCC3)CCC2)c1ccc(C(C)C)nc1. The second-order valence-corrected chi connectivity index (χ2v) is 10.2. The molecule has 2 amide bonds. The molecule has 7 heteroatoms. The van der Waals surface area contributed by atoms with Gasteiger partial charge in [0.2, 0.25) is 0 Å². The molecule has 1 heterocycles. The van der Waals surface area contributed by atoms with Gasteiger partial charge in [-0.2, -0.15) is 0 Å². The summed E-state index contributed by atoms with van der Waals surface area (Å²) in [6.07, 6.45) is 7.83. The first-order valence-corrected chi connectivity index (χ1v) is 11.8. The molecule has 1 aromatic carbocycles. The maximum absolute atomic E-state index is 13.3. The van der Waals surface area contributed by atoms with Crippen molar-refractivity contribution in [3.63, 3.8) is 0 Å². The van der Waals surface area contributed by atoms with Crippen molar-refractivity contribution in [2.45, 2.75) is 63.2 Å². The minimum Gasteiger partial charge on any atom is -0.305 e. The fraction of sp³-hybridized carbons (Fsp3) is 0.455. The van der Waals surface area contributed by atoms with Crippen molar-refractivity contribution < 1.29 is 9.00 Å². The first kappa shape index (κ1) is 20.0. The summed E-state index contributed by atoms with van der Waals surface area (Å²) in [6.45, 7) is 4.10. The summed E-state index contributed by atoms with van der Waals surface area (Å²) in [5.41, 5.74) is 6.95. The van der Waals surface area contributed by atoms with Crippen LogP contribution in [0.15, 0.2) is 33.7 Å². The lowest BCUT2D eigenvalue weighted by Gasteiger charge is -2.15. The van der Waals surface area contributed by atoms with E-state index in [1.165, 1.54) is 22.3 Å². The maximum Gasteiger partial charge on any atom is 0.354 e. The molecule has 2 aliphatic rings. The Labute approximate surface area is 172 Å². The molecule has 2 aromatic rings. The van der Waals surface area contributed by atoms with Gasteiger partial charge in [-0.15, -0.1) is 4.36 Å². The molecule has 154 valence electrons. The van der Waals surface area contributed by atoms with Crippen molar-refractivity contribution in [3.05, 3.63) is 52.3 Å². The number of carbonyl (C=O) groups is 1. The van der Waals surface area contributed by atoms with Gasteiger partial charge in [0, 0.05) is 17.6 Å². The molecule has 1 atom stereocenters. The topological polar surface area (TPSA) is 83.5 Å². The van der Waals surface area contributed by atoms with Crippen molar-refractivity contribution in [1.29, 1.82) is 0 Å². The number of urea groups is 1. The monoisotopic (exact) mass is 412 g/mol. The van der Waals surface area contributed by atoms with Gasteiger partial charge < -0.3 is 5.32 Å². The van der Waals surface area contributed by atoms with Gasteiger partial charge in [-0.25, -0.2) is 13.7 Å². The second-order valence-electron chi connectivity index (χ2n) is 8.06. The van der Waals surface area contributed by atoms with Gasteiger partial charge in [-0.1, -0.05) is 19.9 Å². The van der Waals surface area contributed by atoms with E-state index in [1.807, 2.05) is 19.9 Å². The highest BCUT2D eigenvalue weighted by molar-refractivity contribution is 7.92. The number of amides is 2.